The van der Waals surface area contributed by atoms with Crippen molar-refractivity contribution >= 4 is 28.1 Å². The van der Waals surface area contributed by atoms with Gasteiger partial charge in [-0.2, -0.15) is 5.10 Å². The number of nitrogens with zero attached hydrogens (tertiary/aromatic N) is 1. The number of hydrogen-bond donors (Lipinski definition) is 1. The Labute approximate surface area is 141 Å². The van der Waals surface area contributed by atoms with E-state index in [2.05, 4.69) is 26.5 Å². The van der Waals surface area contributed by atoms with Crippen LogP contribution < -0.4 is 14.9 Å². The van der Waals surface area contributed by atoms with Gasteiger partial charge >= 0.3 is 0 Å². The van der Waals surface area contributed by atoms with Gasteiger partial charge in [0.25, 0.3) is 5.91 Å². The molecule has 0 atom stereocenters. The molecule has 23 heavy (non-hydrogen) atoms. The van der Waals surface area contributed by atoms with Crippen LogP contribution in [0.15, 0.2) is 52.0 Å². The molecule has 0 fully saturated rings. The molecule has 0 heterocycles. The Morgan fingerprint density at radius 3 is 2.61 bits per heavy atom. The summed E-state index contributed by atoms with van der Waals surface area (Å²) in [4.78, 5) is 11.6. The highest BCUT2D eigenvalue weighted by Crippen LogP contribution is 2.17. The van der Waals surface area contributed by atoms with Gasteiger partial charge in [0.15, 0.2) is 6.61 Å². The van der Waals surface area contributed by atoms with Crippen LogP contribution in [0.2, 0.25) is 0 Å². The molecular weight excluding hydrogens is 367 g/mol. The van der Waals surface area contributed by atoms with Gasteiger partial charge in [-0.1, -0.05) is 6.07 Å². The SMILES string of the molecule is COc1ccc(OCC(=O)N/N=C/c2ccc(F)c(Br)c2)cc1. The van der Waals surface area contributed by atoms with E-state index < -0.39 is 5.91 Å². The van der Waals surface area contributed by atoms with Crippen LogP contribution >= 0.6 is 15.9 Å². The summed E-state index contributed by atoms with van der Waals surface area (Å²) in [5.74, 6) is 0.488. The molecule has 0 saturated heterocycles. The van der Waals surface area contributed by atoms with Gasteiger partial charge in [0.2, 0.25) is 0 Å². The molecular formula is C16H14BrFN2O3. The van der Waals surface area contributed by atoms with Gasteiger partial charge in [-0.05, 0) is 57.9 Å². The predicted octanol–water partition coefficient (Wildman–Crippen LogP) is 3.13. The van der Waals surface area contributed by atoms with Crippen molar-refractivity contribution in [3.05, 3.63) is 58.3 Å². The summed E-state index contributed by atoms with van der Waals surface area (Å²) in [6, 6.07) is 11.3. The van der Waals surface area contributed by atoms with Crippen LogP contribution in [0.25, 0.3) is 0 Å². The number of halogens is 2. The maximum absolute atomic E-state index is 13.1. The third-order valence-corrected chi connectivity index (χ3v) is 3.38. The lowest BCUT2D eigenvalue weighted by molar-refractivity contribution is -0.123. The molecule has 0 aliphatic rings. The Hall–Kier alpha value is -2.41. The molecule has 2 aromatic rings. The fourth-order valence-corrected chi connectivity index (χ4v) is 2.02. The number of rotatable bonds is 6. The van der Waals surface area contributed by atoms with Crippen LogP contribution in [0, 0.1) is 5.82 Å². The Bertz CT molecular complexity index is 705. The van der Waals surface area contributed by atoms with E-state index in [9.17, 15) is 9.18 Å². The van der Waals surface area contributed by atoms with E-state index >= 15 is 0 Å². The monoisotopic (exact) mass is 380 g/mol. The first-order valence-electron chi connectivity index (χ1n) is 6.62. The third kappa shape index (κ3) is 5.37. The number of amides is 1. The maximum Gasteiger partial charge on any atom is 0.277 e. The largest absolute Gasteiger partial charge is 0.497 e. The van der Waals surface area contributed by atoms with Crippen molar-refractivity contribution < 1.29 is 18.7 Å². The van der Waals surface area contributed by atoms with Crippen LogP contribution in [0.1, 0.15) is 5.56 Å². The number of carbonyl (C=O) groups excluding carboxylic acids is 1. The highest BCUT2D eigenvalue weighted by Gasteiger charge is 2.02. The van der Waals surface area contributed by atoms with E-state index in [1.54, 1.807) is 43.5 Å². The topological polar surface area (TPSA) is 59.9 Å². The van der Waals surface area contributed by atoms with Crippen LogP contribution in [-0.2, 0) is 4.79 Å². The normalized spacial score (nSPS) is 10.6. The van der Waals surface area contributed by atoms with Gasteiger partial charge in [-0.15, -0.1) is 0 Å². The standard InChI is InChI=1S/C16H14BrFN2O3/c1-22-12-3-5-13(6-4-12)23-10-16(21)20-19-9-11-2-7-15(18)14(17)8-11/h2-9H,10H2,1H3,(H,20,21)/b19-9+. The summed E-state index contributed by atoms with van der Waals surface area (Å²) < 4.78 is 23.7. The molecule has 2 aromatic carbocycles. The zero-order valence-corrected chi connectivity index (χ0v) is 13.8. The summed E-state index contributed by atoms with van der Waals surface area (Å²) in [6.45, 7) is -0.170. The summed E-state index contributed by atoms with van der Waals surface area (Å²) in [5, 5.41) is 3.78. The zero-order valence-electron chi connectivity index (χ0n) is 12.3. The van der Waals surface area contributed by atoms with E-state index in [1.165, 1.54) is 12.3 Å². The van der Waals surface area contributed by atoms with Crippen molar-refractivity contribution in [1.29, 1.82) is 0 Å². The van der Waals surface area contributed by atoms with Gasteiger partial charge in [-0.3, -0.25) is 4.79 Å². The molecule has 1 amide bonds. The molecule has 0 radical (unpaired) electrons. The van der Waals surface area contributed by atoms with Gasteiger partial charge in [0.05, 0.1) is 17.8 Å². The van der Waals surface area contributed by atoms with Crippen molar-refractivity contribution in [2.75, 3.05) is 13.7 Å². The first kappa shape index (κ1) is 17.0. The minimum Gasteiger partial charge on any atom is -0.497 e. The number of hydrogen-bond acceptors (Lipinski definition) is 4. The van der Waals surface area contributed by atoms with Crippen molar-refractivity contribution in [3.8, 4) is 11.5 Å². The average Bonchev–Trinajstić information content (AvgIpc) is 2.56. The number of carbonyl (C=O) groups is 1. The lowest BCUT2D eigenvalue weighted by Gasteiger charge is -2.05. The first-order valence-corrected chi connectivity index (χ1v) is 7.41. The first-order chi connectivity index (χ1) is 11.1. The minimum atomic E-state index is -0.404. The van der Waals surface area contributed by atoms with Crippen molar-refractivity contribution in [2.45, 2.75) is 0 Å². The van der Waals surface area contributed by atoms with Crippen molar-refractivity contribution in [3.63, 3.8) is 0 Å². The molecule has 5 nitrogen and oxygen atoms in total. The van der Waals surface area contributed by atoms with Crippen LogP contribution in [0.3, 0.4) is 0 Å². The number of methoxy groups -OCH3 is 1. The third-order valence-electron chi connectivity index (χ3n) is 2.78. The molecule has 0 bridgehead atoms. The molecule has 0 aliphatic carbocycles. The van der Waals surface area contributed by atoms with Crippen LogP contribution in [0.4, 0.5) is 4.39 Å². The summed E-state index contributed by atoms with van der Waals surface area (Å²) in [5.41, 5.74) is 2.98. The van der Waals surface area contributed by atoms with Crippen LogP contribution in [-0.4, -0.2) is 25.8 Å². The van der Waals surface area contributed by atoms with E-state index in [4.69, 9.17) is 9.47 Å². The number of benzene rings is 2. The molecule has 120 valence electrons. The van der Waals surface area contributed by atoms with Crippen molar-refractivity contribution in [2.24, 2.45) is 5.10 Å². The fourth-order valence-electron chi connectivity index (χ4n) is 1.62. The highest BCUT2D eigenvalue weighted by molar-refractivity contribution is 9.10. The van der Waals surface area contributed by atoms with E-state index in [1.807, 2.05) is 0 Å². The lowest BCUT2D eigenvalue weighted by Crippen LogP contribution is -2.24. The molecule has 1 N–H and O–H groups in total. The molecule has 0 unspecified atom stereocenters. The second-order valence-corrected chi connectivity index (χ2v) is 5.29. The molecule has 0 aromatic heterocycles. The van der Waals surface area contributed by atoms with Gasteiger partial charge < -0.3 is 9.47 Å². The molecule has 2 rings (SSSR count). The highest BCUT2D eigenvalue weighted by atomic mass is 79.9. The second kappa shape index (κ2) is 8.28. The fraction of sp³-hybridized carbons (Fsp3) is 0.125. The number of hydrazone groups is 1. The minimum absolute atomic E-state index is 0.170. The molecule has 0 aliphatic heterocycles. The van der Waals surface area contributed by atoms with Crippen LogP contribution in [0.5, 0.6) is 11.5 Å². The summed E-state index contributed by atoms with van der Waals surface area (Å²) >= 11 is 3.07. The number of ether oxygens (including phenoxy) is 2. The maximum atomic E-state index is 13.1. The predicted molar refractivity (Wildman–Crippen MR) is 88.3 cm³/mol. The second-order valence-electron chi connectivity index (χ2n) is 4.43. The lowest BCUT2D eigenvalue weighted by atomic mass is 10.2. The quantitative estimate of drug-likeness (QED) is 0.618. The van der Waals surface area contributed by atoms with E-state index in [-0.39, 0.29) is 12.4 Å². The van der Waals surface area contributed by atoms with Gasteiger partial charge in [0.1, 0.15) is 17.3 Å². The molecule has 7 heteroatoms. The summed E-state index contributed by atoms with van der Waals surface area (Å²) in [6.07, 6.45) is 1.41. The van der Waals surface area contributed by atoms with Crippen molar-refractivity contribution in [1.82, 2.24) is 5.43 Å². The van der Waals surface area contributed by atoms with Gasteiger partial charge in [0, 0.05) is 0 Å². The Kier molecular flexibility index (Phi) is 6.10. The molecule has 0 spiro atoms. The Morgan fingerprint density at radius 1 is 1.26 bits per heavy atom. The Morgan fingerprint density at radius 2 is 1.96 bits per heavy atom. The number of nitrogens with one attached hydrogen (secondary N) is 1. The Balaban J connectivity index is 1.79. The van der Waals surface area contributed by atoms with E-state index in [0.717, 1.165) is 0 Å². The average molecular weight is 381 g/mol. The smallest absolute Gasteiger partial charge is 0.277 e. The van der Waals surface area contributed by atoms with E-state index in [0.29, 0.717) is 21.5 Å². The van der Waals surface area contributed by atoms with Gasteiger partial charge in [-0.25, -0.2) is 9.82 Å². The molecule has 0 saturated carbocycles. The zero-order chi connectivity index (χ0) is 16.7. The summed E-state index contributed by atoms with van der Waals surface area (Å²) in [7, 11) is 1.57.